The number of aliphatic carboxylic acids is 1. The third-order valence-corrected chi connectivity index (χ3v) is 4.35. The van der Waals surface area contributed by atoms with Crippen LogP contribution < -0.4 is 10.6 Å². The predicted octanol–water partition coefficient (Wildman–Crippen LogP) is 1.63. The van der Waals surface area contributed by atoms with Crippen molar-refractivity contribution in [3.8, 4) is 0 Å². The van der Waals surface area contributed by atoms with Crippen molar-refractivity contribution < 1.29 is 19.4 Å². The van der Waals surface area contributed by atoms with Crippen molar-refractivity contribution in [1.29, 1.82) is 0 Å². The summed E-state index contributed by atoms with van der Waals surface area (Å²) in [6, 6.07) is -1.52. The fourth-order valence-electron chi connectivity index (χ4n) is 2.19. The van der Waals surface area contributed by atoms with Crippen molar-refractivity contribution in [2.45, 2.75) is 38.1 Å². The number of thiazole rings is 1. The number of aromatic nitrogens is 1. The molecule has 1 aliphatic carbocycles. The number of anilines is 1. The summed E-state index contributed by atoms with van der Waals surface area (Å²) in [6.45, 7) is 0.267. The molecule has 1 unspecified atom stereocenters. The molecule has 0 aliphatic heterocycles. The first kappa shape index (κ1) is 15.7. The van der Waals surface area contributed by atoms with Crippen LogP contribution in [0.3, 0.4) is 0 Å². The van der Waals surface area contributed by atoms with E-state index in [1.54, 1.807) is 0 Å². The zero-order valence-electron chi connectivity index (χ0n) is 11.8. The number of ether oxygens (including phenoxy) is 1. The Balaban J connectivity index is 1.91. The summed E-state index contributed by atoms with van der Waals surface area (Å²) in [5.41, 5.74) is 1.05. The molecule has 7 nitrogen and oxygen atoms in total. The molecule has 0 radical (unpaired) electrons. The molecule has 0 bridgehead atoms. The number of fused-ring (bicyclic) bond motifs is 1. The standard InChI is InChI=1S/C13H19N3O4S/c1-20-7-6-9(11(17)18)14-12(19)16-13-15-8-4-2-3-5-10(8)21-13/h9H,2-7H2,1H3,(H,17,18)(H2,14,15,16,19). The molecule has 0 saturated carbocycles. The lowest BCUT2D eigenvalue weighted by atomic mass is 10.0. The summed E-state index contributed by atoms with van der Waals surface area (Å²) in [7, 11) is 1.49. The number of hydrogen-bond acceptors (Lipinski definition) is 5. The summed E-state index contributed by atoms with van der Waals surface area (Å²) < 4.78 is 4.83. The number of carboxylic acid groups (broad SMARTS) is 1. The fourth-order valence-corrected chi connectivity index (χ4v) is 3.23. The van der Waals surface area contributed by atoms with Gasteiger partial charge in [0.25, 0.3) is 0 Å². The molecule has 1 aliphatic rings. The predicted molar refractivity (Wildman–Crippen MR) is 78.8 cm³/mol. The van der Waals surface area contributed by atoms with Gasteiger partial charge in [-0.25, -0.2) is 14.6 Å². The maximum absolute atomic E-state index is 11.8. The highest BCUT2D eigenvalue weighted by Gasteiger charge is 2.21. The summed E-state index contributed by atoms with van der Waals surface area (Å²) in [6.07, 6.45) is 4.44. The van der Waals surface area contributed by atoms with Gasteiger partial charge in [-0.2, -0.15) is 0 Å². The highest BCUT2D eigenvalue weighted by atomic mass is 32.1. The van der Waals surface area contributed by atoms with Gasteiger partial charge in [0.2, 0.25) is 0 Å². The van der Waals surface area contributed by atoms with Crippen LogP contribution in [-0.4, -0.2) is 41.8 Å². The fraction of sp³-hybridized carbons (Fsp3) is 0.615. The van der Waals surface area contributed by atoms with Crippen molar-refractivity contribution in [3.63, 3.8) is 0 Å². The number of rotatable bonds is 6. The van der Waals surface area contributed by atoms with Gasteiger partial charge in [0.1, 0.15) is 6.04 Å². The van der Waals surface area contributed by atoms with Crippen LogP contribution in [0.2, 0.25) is 0 Å². The molecule has 116 valence electrons. The average molecular weight is 313 g/mol. The minimum atomic E-state index is -1.08. The quantitative estimate of drug-likeness (QED) is 0.741. The molecule has 3 N–H and O–H groups in total. The maximum Gasteiger partial charge on any atom is 0.326 e. The molecule has 2 rings (SSSR count). The molecular formula is C13H19N3O4S. The van der Waals surface area contributed by atoms with E-state index < -0.39 is 18.0 Å². The lowest BCUT2D eigenvalue weighted by molar-refractivity contribution is -0.139. The number of carbonyl (C=O) groups is 2. The molecule has 8 heteroatoms. The number of urea groups is 1. The zero-order valence-corrected chi connectivity index (χ0v) is 12.7. The largest absolute Gasteiger partial charge is 0.480 e. The van der Waals surface area contributed by atoms with E-state index in [-0.39, 0.29) is 13.0 Å². The maximum atomic E-state index is 11.8. The van der Waals surface area contributed by atoms with Gasteiger partial charge < -0.3 is 15.2 Å². The molecule has 21 heavy (non-hydrogen) atoms. The molecule has 1 heterocycles. The van der Waals surface area contributed by atoms with Crippen molar-refractivity contribution in [2.24, 2.45) is 0 Å². The molecule has 0 saturated heterocycles. The van der Waals surface area contributed by atoms with Crippen LogP contribution in [0.5, 0.6) is 0 Å². The highest BCUT2D eigenvalue weighted by molar-refractivity contribution is 7.15. The van der Waals surface area contributed by atoms with Crippen molar-refractivity contribution >= 4 is 28.5 Å². The second-order valence-electron chi connectivity index (χ2n) is 4.87. The Morgan fingerprint density at radius 3 is 2.86 bits per heavy atom. The summed E-state index contributed by atoms with van der Waals surface area (Å²) in [5, 5.41) is 14.6. The lowest BCUT2D eigenvalue weighted by Gasteiger charge is -2.13. The van der Waals surface area contributed by atoms with Gasteiger partial charge in [-0.3, -0.25) is 5.32 Å². The average Bonchev–Trinajstić information content (AvgIpc) is 2.85. The van der Waals surface area contributed by atoms with Crippen LogP contribution in [0, 0.1) is 0 Å². The van der Waals surface area contributed by atoms with Crippen molar-refractivity contribution in [2.75, 3.05) is 19.0 Å². The number of amides is 2. The first-order chi connectivity index (χ1) is 10.1. The first-order valence-electron chi connectivity index (χ1n) is 6.88. The number of nitrogens with one attached hydrogen (secondary N) is 2. The molecule has 1 atom stereocenters. The molecule has 0 fully saturated rings. The van der Waals surface area contributed by atoms with Gasteiger partial charge in [0.15, 0.2) is 5.13 Å². The van der Waals surface area contributed by atoms with Crippen molar-refractivity contribution in [1.82, 2.24) is 10.3 Å². The third kappa shape index (κ3) is 4.40. The summed E-state index contributed by atoms with van der Waals surface area (Å²) >= 11 is 1.46. The van der Waals surface area contributed by atoms with E-state index in [0.29, 0.717) is 5.13 Å². The Morgan fingerprint density at radius 1 is 1.43 bits per heavy atom. The summed E-state index contributed by atoms with van der Waals surface area (Å²) in [4.78, 5) is 28.5. The highest BCUT2D eigenvalue weighted by Crippen LogP contribution is 2.29. The van der Waals surface area contributed by atoms with Crippen molar-refractivity contribution in [3.05, 3.63) is 10.6 Å². The molecular weight excluding hydrogens is 294 g/mol. The Hall–Kier alpha value is -1.67. The Kier molecular flexibility index (Phi) is 5.51. The number of carbonyl (C=O) groups excluding carboxylic acids is 1. The molecule has 1 aromatic heterocycles. The topological polar surface area (TPSA) is 101 Å². The number of methoxy groups -OCH3 is 1. The van der Waals surface area contributed by atoms with Gasteiger partial charge in [0.05, 0.1) is 5.69 Å². The van der Waals surface area contributed by atoms with Crippen LogP contribution in [0.4, 0.5) is 9.93 Å². The Bertz CT molecular complexity index is 494. The number of hydrogen-bond donors (Lipinski definition) is 3. The van der Waals surface area contributed by atoms with Gasteiger partial charge in [0, 0.05) is 25.0 Å². The van der Waals surface area contributed by atoms with Gasteiger partial charge in [-0.1, -0.05) is 0 Å². The molecule has 0 spiro atoms. The van der Waals surface area contributed by atoms with Crippen LogP contribution >= 0.6 is 11.3 Å². The minimum Gasteiger partial charge on any atom is -0.480 e. The van der Waals surface area contributed by atoms with Crippen LogP contribution in [-0.2, 0) is 22.4 Å². The van der Waals surface area contributed by atoms with Crippen LogP contribution in [0.1, 0.15) is 29.8 Å². The second kappa shape index (κ2) is 7.37. The first-order valence-corrected chi connectivity index (χ1v) is 7.69. The molecule has 2 amide bonds. The van der Waals surface area contributed by atoms with Crippen LogP contribution in [0.15, 0.2) is 0 Å². The number of aryl methyl sites for hydroxylation is 2. The number of carboxylic acids is 1. The third-order valence-electron chi connectivity index (χ3n) is 3.28. The Labute approximate surface area is 126 Å². The van der Waals surface area contributed by atoms with Gasteiger partial charge in [-0.05, 0) is 25.7 Å². The Morgan fingerprint density at radius 2 is 2.19 bits per heavy atom. The van der Waals surface area contributed by atoms with E-state index in [1.165, 1.54) is 23.3 Å². The SMILES string of the molecule is COCCC(NC(=O)Nc1nc2c(s1)CCCC2)C(=O)O. The molecule has 0 aromatic carbocycles. The molecule has 1 aromatic rings. The minimum absolute atomic E-state index is 0.216. The summed E-state index contributed by atoms with van der Waals surface area (Å²) in [5.74, 6) is -1.08. The lowest BCUT2D eigenvalue weighted by Crippen LogP contribution is -2.43. The van der Waals surface area contributed by atoms with E-state index in [1.807, 2.05) is 0 Å². The van der Waals surface area contributed by atoms with Gasteiger partial charge >= 0.3 is 12.0 Å². The monoisotopic (exact) mass is 313 g/mol. The second-order valence-corrected chi connectivity index (χ2v) is 5.95. The van der Waals surface area contributed by atoms with E-state index >= 15 is 0 Å². The zero-order chi connectivity index (χ0) is 15.2. The van der Waals surface area contributed by atoms with E-state index in [0.717, 1.165) is 31.4 Å². The van der Waals surface area contributed by atoms with E-state index in [4.69, 9.17) is 9.84 Å². The van der Waals surface area contributed by atoms with Crippen LogP contribution in [0.25, 0.3) is 0 Å². The van der Waals surface area contributed by atoms with Gasteiger partial charge in [-0.15, -0.1) is 11.3 Å². The normalized spacial score (nSPS) is 15.1. The van der Waals surface area contributed by atoms with E-state index in [2.05, 4.69) is 15.6 Å². The smallest absolute Gasteiger partial charge is 0.326 e. The van der Waals surface area contributed by atoms with E-state index in [9.17, 15) is 9.59 Å². The number of nitrogens with zero attached hydrogens (tertiary/aromatic N) is 1.